The van der Waals surface area contributed by atoms with E-state index < -0.39 is 4.92 Å². The molecule has 0 bridgehead atoms. The number of piperidine rings is 1. The van der Waals surface area contributed by atoms with Gasteiger partial charge in [0, 0.05) is 37.4 Å². The first kappa shape index (κ1) is 22.8. The van der Waals surface area contributed by atoms with Crippen LogP contribution in [0.15, 0.2) is 33.8 Å². The molecule has 2 saturated heterocycles. The summed E-state index contributed by atoms with van der Waals surface area (Å²) in [6.07, 6.45) is 4.61. The van der Waals surface area contributed by atoms with E-state index in [2.05, 4.69) is 36.8 Å². The Balaban J connectivity index is 1.29. The van der Waals surface area contributed by atoms with E-state index in [1.165, 1.54) is 23.9 Å². The highest BCUT2D eigenvalue weighted by Gasteiger charge is 2.26. The molecule has 1 unspecified atom stereocenters. The fourth-order valence-electron chi connectivity index (χ4n) is 4.26. The number of rotatable bonds is 8. The van der Waals surface area contributed by atoms with E-state index in [1.807, 2.05) is 0 Å². The topological polar surface area (TPSA) is 125 Å². The van der Waals surface area contributed by atoms with Gasteiger partial charge in [-0.25, -0.2) is 0 Å². The minimum atomic E-state index is -0.439. The quantitative estimate of drug-likeness (QED) is 0.263. The van der Waals surface area contributed by atoms with Crippen molar-refractivity contribution in [2.45, 2.75) is 56.2 Å². The van der Waals surface area contributed by atoms with Crippen LogP contribution in [0.5, 0.6) is 0 Å². The second-order valence-electron chi connectivity index (χ2n) is 8.79. The predicted molar refractivity (Wildman–Crippen MR) is 126 cm³/mol. The lowest BCUT2D eigenvalue weighted by molar-refractivity contribution is -0.384. The molecule has 0 N–H and O–H groups in total. The van der Waals surface area contributed by atoms with Crippen molar-refractivity contribution >= 4 is 23.4 Å². The number of thioether (sulfide) groups is 1. The SMILES string of the molecule is CC1CCN(c2nnc(SCc3nnc(-c4ccc([N+](=O)[O-])cc4)o3)n2CC2CCCO2)CC1. The van der Waals surface area contributed by atoms with Gasteiger partial charge in [0.1, 0.15) is 0 Å². The van der Waals surface area contributed by atoms with Crippen LogP contribution in [0.2, 0.25) is 0 Å². The van der Waals surface area contributed by atoms with Gasteiger partial charge in [0.25, 0.3) is 5.69 Å². The number of hydrogen-bond donors (Lipinski definition) is 0. The van der Waals surface area contributed by atoms with Crippen LogP contribution in [0.25, 0.3) is 11.5 Å². The lowest BCUT2D eigenvalue weighted by Crippen LogP contribution is -2.35. The third-order valence-corrected chi connectivity index (χ3v) is 7.24. The maximum Gasteiger partial charge on any atom is 0.269 e. The van der Waals surface area contributed by atoms with Crippen LogP contribution in [0.4, 0.5) is 11.6 Å². The molecule has 1 aromatic carbocycles. The molecule has 0 radical (unpaired) electrons. The average Bonchev–Trinajstić information content (AvgIpc) is 3.61. The number of non-ortho nitro benzene ring substituents is 1. The molecule has 2 aliphatic rings. The van der Waals surface area contributed by atoms with Gasteiger partial charge in [0.15, 0.2) is 5.16 Å². The van der Waals surface area contributed by atoms with Crippen LogP contribution < -0.4 is 4.90 Å². The van der Waals surface area contributed by atoms with Gasteiger partial charge >= 0.3 is 0 Å². The number of nitro benzene ring substituents is 1. The van der Waals surface area contributed by atoms with Crippen LogP contribution in [0.1, 0.15) is 38.5 Å². The highest BCUT2D eigenvalue weighted by atomic mass is 32.2. The van der Waals surface area contributed by atoms with Crippen LogP contribution in [-0.4, -0.2) is 55.7 Å². The largest absolute Gasteiger partial charge is 0.420 e. The van der Waals surface area contributed by atoms with Gasteiger partial charge < -0.3 is 14.1 Å². The summed E-state index contributed by atoms with van der Waals surface area (Å²) in [6, 6.07) is 6.05. The Labute approximate surface area is 201 Å². The van der Waals surface area contributed by atoms with Crippen molar-refractivity contribution in [2.75, 3.05) is 24.6 Å². The summed E-state index contributed by atoms with van der Waals surface area (Å²) in [7, 11) is 0. The Morgan fingerprint density at radius 2 is 1.91 bits per heavy atom. The molecular formula is C22H27N7O4S. The molecule has 2 aromatic heterocycles. The predicted octanol–water partition coefficient (Wildman–Crippen LogP) is 3.94. The molecule has 180 valence electrons. The molecule has 2 fully saturated rings. The smallest absolute Gasteiger partial charge is 0.269 e. The van der Waals surface area contributed by atoms with Crippen LogP contribution in [0.3, 0.4) is 0 Å². The van der Waals surface area contributed by atoms with E-state index in [0.717, 1.165) is 68.9 Å². The molecule has 0 spiro atoms. The van der Waals surface area contributed by atoms with Crippen molar-refractivity contribution in [3.05, 3.63) is 40.3 Å². The van der Waals surface area contributed by atoms with Gasteiger partial charge in [-0.3, -0.25) is 14.7 Å². The third-order valence-electron chi connectivity index (χ3n) is 6.29. The Morgan fingerprint density at radius 3 is 2.62 bits per heavy atom. The van der Waals surface area contributed by atoms with Crippen molar-refractivity contribution in [1.29, 1.82) is 0 Å². The molecule has 5 rings (SSSR count). The summed E-state index contributed by atoms with van der Waals surface area (Å²) in [4.78, 5) is 12.7. The van der Waals surface area contributed by atoms with Gasteiger partial charge in [-0.1, -0.05) is 18.7 Å². The highest BCUT2D eigenvalue weighted by Crippen LogP contribution is 2.30. The molecule has 4 heterocycles. The monoisotopic (exact) mass is 485 g/mol. The number of anilines is 1. The fraction of sp³-hybridized carbons (Fsp3) is 0.545. The van der Waals surface area contributed by atoms with E-state index >= 15 is 0 Å². The summed E-state index contributed by atoms with van der Waals surface area (Å²) >= 11 is 1.51. The first-order chi connectivity index (χ1) is 16.6. The number of benzene rings is 1. The molecular weight excluding hydrogens is 458 g/mol. The Kier molecular flexibility index (Phi) is 6.77. The Hall–Kier alpha value is -2.99. The summed E-state index contributed by atoms with van der Waals surface area (Å²) < 4.78 is 13.9. The first-order valence-electron chi connectivity index (χ1n) is 11.6. The number of hydrogen-bond acceptors (Lipinski definition) is 10. The van der Waals surface area contributed by atoms with Crippen molar-refractivity contribution in [2.24, 2.45) is 5.92 Å². The van der Waals surface area contributed by atoms with Gasteiger partial charge in [0.05, 0.1) is 23.3 Å². The minimum absolute atomic E-state index is 0.0172. The second kappa shape index (κ2) is 10.1. The molecule has 1 atom stereocenters. The lowest BCUT2D eigenvalue weighted by Gasteiger charge is -2.31. The Bertz CT molecular complexity index is 1120. The molecule has 3 aromatic rings. The molecule has 34 heavy (non-hydrogen) atoms. The van der Waals surface area contributed by atoms with Crippen LogP contribution in [0, 0.1) is 16.0 Å². The Morgan fingerprint density at radius 1 is 1.12 bits per heavy atom. The number of nitrogens with zero attached hydrogens (tertiary/aromatic N) is 7. The van der Waals surface area contributed by atoms with Crippen molar-refractivity contribution in [3.63, 3.8) is 0 Å². The van der Waals surface area contributed by atoms with Crippen LogP contribution in [-0.2, 0) is 17.0 Å². The van der Waals surface area contributed by atoms with E-state index in [1.54, 1.807) is 12.1 Å². The lowest BCUT2D eigenvalue weighted by atomic mass is 10.00. The summed E-state index contributed by atoms with van der Waals surface area (Å²) in [6.45, 7) is 5.80. The molecule has 0 aliphatic carbocycles. The second-order valence-corrected chi connectivity index (χ2v) is 9.73. The molecule has 11 nitrogen and oxygen atoms in total. The molecule has 2 aliphatic heterocycles. The van der Waals surface area contributed by atoms with Crippen molar-refractivity contribution in [1.82, 2.24) is 25.0 Å². The standard InChI is InChI=1S/C22H27N7O4S/c1-15-8-10-27(11-9-15)21-25-26-22(28(21)13-18-3-2-12-32-18)34-14-19-23-24-20(33-19)16-4-6-17(7-5-16)29(30)31/h4-7,15,18H,2-3,8-14H2,1H3. The normalized spacial score (nSPS) is 19.1. The molecule has 12 heteroatoms. The zero-order valence-electron chi connectivity index (χ0n) is 19.0. The highest BCUT2D eigenvalue weighted by molar-refractivity contribution is 7.98. The van der Waals surface area contributed by atoms with Gasteiger partial charge in [0.2, 0.25) is 17.7 Å². The van der Waals surface area contributed by atoms with E-state index in [9.17, 15) is 10.1 Å². The summed E-state index contributed by atoms with van der Waals surface area (Å²) in [5.74, 6) is 2.87. The number of aromatic nitrogens is 5. The summed E-state index contributed by atoms with van der Waals surface area (Å²) in [5, 5.41) is 28.9. The molecule has 0 saturated carbocycles. The number of ether oxygens (including phenoxy) is 1. The van der Waals surface area contributed by atoms with Crippen molar-refractivity contribution in [3.8, 4) is 11.5 Å². The minimum Gasteiger partial charge on any atom is -0.420 e. The zero-order valence-corrected chi connectivity index (χ0v) is 19.8. The van der Waals surface area contributed by atoms with Gasteiger partial charge in [-0.2, -0.15) is 0 Å². The average molecular weight is 486 g/mol. The van der Waals surface area contributed by atoms with Gasteiger partial charge in [-0.05, 0) is 43.7 Å². The van der Waals surface area contributed by atoms with Gasteiger partial charge in [-0.15, -0.1) is 20.4 Å². The zero-order chi connectivity index (χ0) is 23.5. The fourth-order valence-corrected chi connectivity index (χ4v) is 5.04. The first-order valence-corrected chi connectivity index (χ1v) is 12.5. The van der Waals surface area contributed by atoms with E-state index in [0.29, 0.717) is 23.1 Å². The maximum absolute atomic E-state index is 10.9. The van der Waals surface area contributed by atoms with E-state index in [-0.39, 0.29) is 11.8 Å². The maximum atomic E-state index is 10.9. The van der Waals surface area contributed by atoms with E-state index in [4.69, 9.17) is 9.15 Å². The number of nitro groups is 1. The van der Waals surface area contributed by atoms with Crippen molar-refractivity contribution < 1.29 is 14.1 Å². The summed E-state index contributed by atoms with van der Waals surface area (Å²) in [5.41, 5.74) is 0.654. The van der Waals surface area contributed by atoms with Crippen LogP contribution >= 0.6 is 11.8 Å². The molecule has 0 amide bonds. The third kappa shape index (κ3) is 5.07.